The fourth-order valence-corrected chi connectivity index (χ4v) is 3.97. The van der Waals surface area contributed by atoms with E-state index in [1.54, 1.807) is 0 Å². The van der Waals surface area contributed by atoms with E-state index < -0.39 is 9.76 Å². The molecule has 0 saturated carbocycles. The van der Waals surface area contributed by atoms with Gasteiger partial charge in [0.25, 0.3) is 0 Å². The third-order valence-corrected chi connectivity index (χ3v) is 6.16. The van der Waals surface area contributed by atoms with Crippen LogP contribution in [-0.4, -0.2) is 26.5 Å². The highest BCUT2D eigenvalue weighted by atomic mass is 28.2. The largest absolute Gasteiger partial charge is 0.486 e. The Labute approximate surface area is 141 Å². The van der Waals surface area contributed by atoms with Gasteiger partial charge in [0.1, 0.15) is 11.9 Å². The summed E-state index contributed by atoms with van der Waals surface area (Å²) >= 11 is 0. The Balaban J connectivity index is 1.85. The predicted octanol–water partition coefficient (Wildman–Crippen LogP) is 4.03. The Kier molecular flexibility index (Phi) is 4.23. The summed E-state index contributed by atoms with van der Waals surface area (Å²) in [5, 5.41) is 1.40. The average Bonchev–Trinajstić information content (AvgIpc) is 2.52. The van der Waals surface area contributed by atoms with E-state index in [1.165, 1.54) is 5.56 Å². The Bertz CT molecular complexity index is 706. The summed E-state index contributed by atoms with van der Waals surface area (Å²) in [5.41, 5.74) is 2.03. The zero-order valence-corrected chi connectivity index (χ0v) is 16.3. The molecule has 1 atom stereocenters. The van der Waals surface area contributed by atoms with Crippen molar-refractivity contribution in [2.75, 3.05) is 0 Å². The van der Waals surface area contributed by atoms with Crippen LogP contribution >= 0.6 is 0 Å². The van der Waals surface area contributed by atoms with Crippen LogP contribution in [0.3, 0.4) is 0 Å². The fraction of sp³-hybridized carbons (Fsp3) is 0.526. The van der Waals surface area contributed by atoms with Crippen LogP contribution in [0.4, 0.5) is 0 Å². The van der Waals surface area contributed by atoms with E-state index in [0.717, 1.165) is 29.5 Å². The van der Waals surface area contributed by atoms with E-state index in [-0.39, 0.29) is 11.7 Å². The van der Waals surface area contributed by atoms with Gasteiger partial charge in [-0.1, -0.05) is 26.8 Å². The highest BCUT2D eigenvalue weighted by Crippen LogP contribution is 2.38. The summed E-state index contributed by atoms with van der Waals surface area (Å²) in [5.74, 6) is 1.00. The predicted molar refractivity (Wildman–Crippen MR) is 97.9 cm³/mol. The zero-order valence-electron chi connectivity index (χ0n) is 14.8. The smallest absolute Gasteiger partial charge is 0.167 e. The summed E-state index contributed by atoms with van der Waals surface area (Å²) < 4.78 is 12.8. The van der Waals surface area contributed by atoms with Gasteiger partial charge in [0, 0.05) is 11.6 Å². The first-order valence-corrected chi connectivity index (χ1v) is 9.72. The summed E-state index contributed by atoms with van der Waals surface area (Å²) in [7, 11) is -0.609. The van der Waals surface area contributed by atoms with Crippen molar-refractivity contribution in [2.24, 2.45) is 0 Å². The third-order valence-electron chi connectivity index (χ3n) is 4.41. The van der Waals surface area contributed by atoms with Gasteiger partial charge in [-0.15, -0.1) is 0 Å². The molecule has 23 heavy (non-hydrogen) atoms. The highest BCUT2D eigenvalue weighted by molar-refractivity contribution is 6.31. The molecule has 0 bridgehead atoms. The maximum atomic E-state index is 6.43. The van der Waals surface area contributed by atoms with Crippen LogP contribution in [0.5, 0.6) is 5.75 Å². The third kappa shape index (κ3) is 3.59. The molecule has 3 nitrogen and oxygen atoms in total. The molecule has 4 heteroatoms. The fourth-order valence-electron chi connectivity index (χ4n) is 2.98. The molecule has 0 radical (unpaired) electrons. The summed E-state index contributed by atoms with van der Waals surface area (Å²) in [6, 6.07) is 8.32. The van der Waals surface area contributed by atoms with Crippen molar-refractivity contribution in [3.8, 4) is 5.75 Å². The van der Waals surface area contributed by atoms with Crippen molar-refractivity contribution in [3.63, 3.8) is 0 Å². The number of pyridine rings is 1. The Morgan fingerprint density at radius 2 is 1.96 bits per heavy atom. The maximum Gasteiger partial charge on any atom is 0.167 e. The number of hydrogen-bond donors (Lipinski definition) is 0. The van der Waals surface area contributed by atoms with Crippen LogP contribution in [0.2, 0.25) is 5.04 Å². The van der Waals surface area contributed by atoms with Crippen LogP contribution in [-0.2, 0) is 10.8 Å². The lowest BCUT2D eigenvalue weighted by atomic mass is 9.91. The maximum absolute atomic E-state index is 6.43. The van der Waals surface area contributed by atoms with Gasteiger partial charge in [-0.05, 0) is 55.5 Å². The number of fused-ring (bicyclic) bond motifs is 3. The quantitative estimate of drug-likeness (QED) is 0.797. The van der Waals surface area contributed by atoms with Gasteiger partial charge < -0.3 is 9.16 Å². The molecule has 0 N–H and O–H groups in total. The molecule has 1 aromatic carbocycles. The molecular formula is C19H27NO2Si. The Morgan fingerprint density at radius 3 is 2.70 bits per heavy atom. The normalized spacial score (nSPS) is 19.1. The lowest BCUT2D eigenvalue weighted by molar-refractivity contribution is -0.0231. The molecule has 1 aliphatic heterocycles. The van der Waals surface area contributed by atoms with E-state index >= 15 is 0 Å². The first-order valence-electron chi connectivity index (χ1n) is 8.43. The molecule has 3 rings (SSSR count). The summed E-state index contributed by atoms with van der Waals surface area (Å²) in [4.78, 5) is 4.44. The van der Waals surface area contributed by atoms with Gasteiger partial charge in [-0.3, -0.25) is 4.98 Å². The molecule has 2 heterocycles. The zero-order chi connectivity index (χ0) is 16.7. The number of rotatable bonds is 3. The average molecular weight is 330 g/mol. The van der Waals surface area contributed by atoms with Crippen LogP contribution in [0.15, 0.2) is 30.5 Å². The number of aryl methyl sites for hydroxylation is 1. The second-order valence-corrected chi connectivity index (χ2v) is 10.9. The molecule has 0 fully saturated rings. The first kappa shape index (κ1) is 16.5. The van der Waals surface area contributed by atoms with E-state index in [1.807, 2.05) is 12.3 Å². The Morgan fingerprint density at radius 1 is 1.17 bits per heavy atom. The Hall–Kier alpha value is -1.39. The van der Waals surface area contributed by atoms with Gasteiger partial charge in [0.15, 0.2) is 9.76 Å². The molecule has 1 aliphatic rings. The van der Waals surface area contributed by atoms with E-state index in [2.05, 4.69) is 57.8 Å². The molecular weight excluding hydrogens is 302 g/mol. The highest BCUT2D eigenvalue weighted by Gasteiger charge is 2.36. The van der Waals surface area contributed by atoms with E-state index in [4.69, 9.17) is 9.16 Å². The van der Waals surface area contributed by atoms with Gasteiger partial charge in [-0.2, -0.15) is 0 Å². The molecule has 2 aromatic rings. The first-order chi connectivity index (χ1) is 10.8. The molecule has 0 aliphatic carbocycles. The van der Waals surface area contributed by atoms with Crippen LogP contribution in [0.25, 0.3) is 10.9 Å². The minimum atomic E-state index is -0.609. The number of aromatic nitrogens is 1. The van der Waals surface area contributed by atoms with Crippen LogP contribution in [0.1, 0.15) is 46.6 Å². The van der Waals surface area contributed by atoms with Gasteiger partial charge in [0.2, 0.25) is 0 Å². The number of benzene rings is 1. The van der Waals surface area contributed by atoms with E-state index in [0.29, 0.717) is 5.04 Å². The van der Waals surface area contributed by atoms with Crippen molar-refractivity contribution in [2.45, 2.75) is 64.2 Å². The minimum Gasteiger partial charge on any atom is -0.486 e. The van der Waals surface area contributed by atoms with Gasteiger partial charge >= 0.3 is 0 Å². The van der Waals surface area contributed by atoms with Crippen molar-refractivity contribution < 1.29 is 9.16 Å². The number of ether oxygens (including phenoxy) is 1. The standard InChI is InChI=1S/C19H27NO2Si/c1-18(2,3)23-22-19(4,5)16-11-9-13-8-10-15-14(17(13)21-16)7-6-12-20-15/h6-8,10,12,16H,9,11,23H2,1-5H3/t16-/m1/s1. The van der Waals surface area contributed by atoms with Gasteiger partial charge in [-0.25, -0.2) is 0 Å². The molecule has 0 spiro atoms. The second-order valence-electron chi connectivity index (χ2n) is 8.22. The molecule has 1 aromatic heterocycles. The monoisotopic (exact) mass is 329 g/mol. The topological polar surface area (TPSA) is 31.4 Å². The van der Waals surface area contributed by atoms with E-state index in [9.17, 15) is 0 Å². The van der Waals surface area contributed by atoms with Crippen LogP contribution in [0, 0.1) is 0 Å². The number of hydrogen-bond acceptors (Lipinski definition) is 3. The van der Waals surface area contributed by atoms with Crippen molar-refractivity contribution >= 4 is 20.7 Å². The van der Waals surface area contributed by atoms with Crippen molar-refractivity contribution in [3.05, 3.63) is 36.0 Å². The molecule has 124 valence electrons. The SMILES string of the molecule is CC(C)(C)[SiH2]OC(C)(C)[C@H]1CCc2ccc3ncccc3c2O1. The second kappa shape index (κ2) is 5.91. The summed E-state index contributed by atoms with van der Waals surface area (Å²) in [6.07, 6.45) is 3.96. The lowest BCUT2D eigenvalue weighted by Crippen LogP contribution is -2.46. The minimum absolute atomic E-state index is 0.0932. The molecule has 0 saturated heterocycles. The summed E-state index contributed by atoms with van der Waals surface area (Å²) in [6.45, 7) is 11.1. The van der Waals surface area contributed by atoms with Crippen LogP contribution < -0.4 is 4.74 Å². The van der Waals surface area contributed by atoms with Crippen molar-refractivity contribution in [1.82, 2.24) is 4.98 Å². The van der Waals surface area contributed by atoms with Crippen molar-refractivity contribution in [1.29, 1.82) is 0 Å². The molecule has 0 amide bonds. The number of nitrogens with zero attached hydrogens (tertiary/aromatic N) is 1. The molecule has 0 unspecified atom stereocenters. The lowest BCUT2D eigenvalue weighted by Gasteiger charge is -2.39. The van der Waals surface area contributed by atoms with Gasteiger partial charge in [0.05, 0.1) is 11.1 Å².